The molecule has 2 aromatic rings. The van der Waals surface area contributed by atoms with E-state index in [1.54, 1.807) is 0 Å². The molecule has 0 unspecified atom stereocenters. The van der Waals surface area contributed by atoms with Crippen LogP contribution in [0.2, 0.25) is 0 Å². The molecule has 1 aromatic heterocycles. The fourth-order valence-corrected chi connectivity index (χ4v) is 2.84. The van der Waals surface area contributed by atoms with Gasteiger partial charge in [0.15, 0.2) is 11.5 Å². The Labute approximate surface area is 163 Å². The quantitative estimate of drug-likeness (QED) is 0.681. The van der Waals surface area contributed by atoms with Crippen molar-refractivity contribution < 1.29 is 14.3 Å². The second-order valence-electron chi connectivity index (χ2n) is 6.60. The zero-order chi connectivity index (χ0) is 20.7. The van der Waals surface area contributed by atoms with Crippen molar-refractivity contribution >= 4 is 5.91 Å². The molecule has 1 amide bonds. The van der Waals surface area contributed by atoms with E-state index in [4.69, 9.17) is 9.47 Å². The number of aromatic amines is 1. The van der Waals surface area contributed by atoms with Crippen LogP contribution in [0.25, 0.3) is 0 Å². The highest BCUT2D eigenvalue weighted by Gasteiger charge is 2.20. The third-order valence-corrected chi connectivity index (χ3v) is 4.12. The lowest BCUT2D eigenvalue weighted by molar-refractivity contribution is -0.122. The number of rotatable bonds is 9. The Morgan fingerprint density at radius 2 is 1.79 bits per heavy atom. The third-order valence-electron chi connectivity index (χ3n) is 4.12. The lowest BCUT2D eigenvalue weighted by Crippen LogP contribution is -2.38. The summed E-state index contributed by atoms with van der Waals surface area (Å²) in [6.07, 6.45) is 1.30. The van der Waals surface area contributed by atoms with E-state index in [0.717, 1.165) is 10.1 Å². The van der Waals surface area contributed by atoms with Crippen LogP contribution in [0.1, 0.15) is 39.3 Å². The van der Waals surface area contributed by atoms with E-state index in [1.165, 1.54) is 12.3 Å². The summed E-state index contributed by atoms with van der Waals surface area (Å²) >= 11 is 0. The smallest absolute Gasteiger partial charge is 0.328 e. The number of benzene rings is 1. The molecule has 8 heteroatoms. The van der Waals surface area contributed by atoms with E-state index in [9.17, 15) is 14.4 Å². The predicted molar refractivity (Wildman–Crippen MR) is 106 cm³/mol. The van der Waals surface area contributed by atoms with Crippen molar-refractivity contribution in [2.45, 2.75) is 40.3 Å². The van der Waals surface area contributed by atoms with Gasteiger partial charge in [0.2, 0.25) is 5.91 Å². The summed E-state index contributed by atoms with van der Waals surface area (Å²) in [6.45, 7) is 8.62. The molecule has 0 saturated carbocycles. The fraction of sp³-hybridized carbons (Fsp3) is 0.450. The van der Waals surface area contributed by atoms with Gasteiger partial charge in [-0.2, -0.15) is 0 Å². The van der Waals surface area contributed by atoms with Crippen molar-refractivity contribution in [2.24, 2.45) is 5.92 Å². The first-order valence-corrected chi connectivity index (χ1v) is 9.34. The van der Waals surface area contributed by atoms with E-state index in [1.807, 2.05) is 45.9 Å². The van der Waals surface area contributed by atoms with Gasteiger partial charge in [-0.3, -0.25) is 19.1 Å². The average Bonchev–Trinajstić information content (AvgIpc) is 2.64. The van der Waals surface area contributed by atoms with E-state index in [0.29, 0.717) is 24.7 Å². The summed E-state index contributed by atoms with van der Waals surface area (Å²) in [5.41, 5.74) is -0.243. The van der Waals surface area contributed by atoms with Gasteiger partial charge in [0.05, 0.1) is 19.3 Å². The Balaban J connectivity index is 2.22. The minimum absolute atomic E-state index is 0.101. The number of hydrogen-bond acceptors (Lipinski definition) is 5. The monoisotopic (exact) mass is 389 g/mol. The molecular weight excluding hydrogens is 362 g/mol. The van der Waals surface area contributed by atoms with Gasteiger partial charge in [-0.25, -0.2) is 4.79 Å². The number of carbonyl (C=O) groups excluding carboxylic acids is 1. The first-order valence-electron chi connectivity index (χ1n) is 9.34. The van der Waals surface area contributed by atoms with Gasteiger partial charge in [-0.1, -0.05) is 19.9 Å². The molecule has 0 aliphatic heterocycles. The van der Waals surface area contributed by atoms with Crippen molar-refractivity contribution in [1.82, 2.24) is 14.9 Å². The lowest BCUT2D eigenvalue weighted by atomic mass is 9.95. The average molecular weight is 389 g/mol. The maximum Gasteiger partial charge on any atom is 0.328 e. The standard InChI is InChI=1S/C20H27N3O5/c1-5-27-15-8-7-14(11-16(15)28-6-2)19(13(3)4)21-18(25)12-23-10-9-17(24)22-20(23)26/h7-11,13,19H,5-6,12H2,1-4H3,(H,21,25)(H,22,24,26)/t19-/m0/s1. The molecule has 2 N–H and O–H groups in total. The molecule has 1 aromatic carbocycles. The van der Waals surface area contributed by atoms with Crippen molar-refractivity contribution in [1.29, 1.82) is 0 Å². The maximum atomic E-state index is 12.5. The highest BCUT2D eigenvalue weighted by atomic mass is 16.5. The molecule has 0 bridgehead atoms. The highest BCUT2D eigenvalue weighted by molar-refractivity contribution is 5.76. The van der Waals surface area contributed by atoms with Crippen LogP contribution in [0.5, 0.6) is 11.5 Å². The second kappa shape index (κ2) is 9.77. The van der Waals surface area contributed by atoms with Crippen LogP contribution in [0.4, 0.5) is 0 Å². The molecule has 2 rings (SSSR count). The number of aromatic nitrogens is 2. The largest absolute Gasteiger partial charge is 0.490 e. The highest BCUT2D eigenvalue weighted by Crippen LogP contribution is 2.32. The third kappa shape index (κ3) is 5.48. The first-order chi connectivity index (χ1) is 13.3. The molecule has 0 spiro atoms. The van der Waals surface area contributed by atoms with Gasteiger partial charge in [0, 0.05) is 12.3 Å². The molecule has 1 atom stereocenters. The number of nitrogens with one attached hydrogen (secondary N) is 2. The van der Waals surface area contributed by atoms with Crippen LogP contribution in [0, 0.1) is 5.92 Å². The SMILES string of the molecule is CCOc1ccc([C@@H](NC(=O)Cn2ccc(=O)[nH]c2=O)C(C)C)cc1OCC. The number of ether oxygens (including phenoxy) is 2. The summed E-state index contributed by atoms with van der Waals surface area (Å²) in [6, 6.07) is 6.52. The Morgan fingerprint density at radius 1 is 1.11 bits per heavy atom. The van der Waals surface area contributed by atoms with Crippen LogP contribution in [0.3, 0.4) is 0 Å². The topological polar surface area (TPSA) is 102 Å². The summed E-state index contributed by atoms with van der Waals surface area (Å²) in [5.74, 6) is 1.05. The van der Waals surface area contributed by atoms with Crippen LogP contribution < -0.4 is 26.0 Å². The molecule has 28 heavy (non-hydrogen) atoms. The summed E-state index contributed by atoms with van der Waals surface area (Å²) in [4.78, 5) is 37.6. The Hall–Kier alpha value is -3.03. The molecule has 0 radical (unpaired) electrons. The van der Waals surface area contributed by atoms with Crippen LogP contribution in [-0.2, 0) is 11.3 Å². The van der Waals surface area contributed by atoms with E-state index in [2.05, 4.69) is 10.3 Å². The van der Waals surface area contributed by atoms with E-state index >= 15 is 0 Å². The van der Waals surface area contributed by atoms with Crippen LogP contribution in [0.15, 0.2) is 40.1 Å². The second-order valence-corrected chi connectivity index (χ2v) is 6.60. The van der Waals surface area contributed by atoms with Gasteiger partial charge in [-0.15, -0.1) is 0 Å². The Morgan fingerprint density at radius 3 is 2.39 bits per heavy atom. The lowest BCUT2D eigenvalue weighted by Gasteiger charge is -2.24. The number of H-pyrrole nitrogens is 1. The molecule has 1 heterocycles. The van der Waals surface area contributed by atoms with Gasteiger partial charge >= 0.3 is 5.69 Å². The number of carbonyl (C=O) groups is 1. The zero-order valence-electron chi connectivity index (χ0n) is 16.7. The first kappa shape index (κ1) is 21.3. The molecule has 0 fully saturated rings. The number of amides is 1. The Bertz CT molecular complexity index is 917. The summed E-state index contributed by atoms with van der Waals surface area (Å²) in [5, 5.41) is 2.96. The van der Waals surface area contributed by atoms with Crippen molar-refractivity contribution in [3.8, 4) is 11.5 Å². The molecular formula is C20H27N3O5. The predicted octanol–water partition coefficient (Wildman–Crippen LogP) is 1.85. The molecule has 0 saturated heterocycles. The fourth-order valence-electron chi connectivity index (χ4n) is 2.84. The molecule has 0 aliphatic carbocycles. The maximum absolute atomic E-state index is 12.5. The van der Waals surface area contributed by atoms with Gasteiger partial charge in [0.1, 0.15) is 6.54 Å². The van der Waals surface area contributed by atoms with Gasteiger partial charge < -0.3 is 14.8 Å². The minimum atomic E-state index is -0.622. The minimum Gasteiger partial charge on any atom is -0.490 e. The van der Waals surface area contributed by atoms with Gasteiger partial charge in [-0.05, 0) is 37.5 Å². The van der Waals surface area contributed by atoms with E-state index in [-0.39, 0.29) is 24.4 Å². The van der Waals surface area contributed by atoms with Crippen molar-refractivity contribution in [3.63, 3.8) is 0 Å². The summed E-state index contributed by atoms with van der Waals surface area (Å²) in [7, 11) is 0. The normalized spacial score (nSPS) is 11.9. The van der Waals surface area contributed by atoms with Crippen LogP contribution in [-0.4, -0.2) is 28.7 Å². The molecule has 152 valence electrons. The number of nitrogens with zero attached hydrogens (tertiary/aromatic N) is 1. The van der Waals surface area contributed by atoms with Crippen molar-refractivity contribution in [2.75, 3.05) is 13.2 Å². The van der Waals surface area contributed by atoms with Gasteiger partial charge in [0.25, 0.3) is 5.56 Å². The summed E-state index contributed by atoms with van der Waals surface area (Å²) < 4.78 is 12.4. The van der Waals surface area contributed by atoms with E-state index < -0.39 is 11.2 Å². The van der Waals surface area contributed by atoms with Crippen molar-refractivity contribution in [3.05, 3.63) is 56.9 Å². The zero-order valence-corrected chi connectivity index (χ0v) is 16.7. The number of hydrogen-bond donors (Lipinski definition) is 2. The molecule has 8 nitrogen and oxygen atoms in total. The van der Waals surface area contributed by atoms with Crippen LogP contribution >= 0.6 is 0 Å². The molecule has 0 aliphatic rings. The Kier molecular flexibility index (Phi) is 7.43.